The van der Waals surface area contributed by atoms with E-state index in [1.165, 1.54) is 0 Å². The number of hydrogen-bond donors (Lipinski definition) is 0. The Hall–Kier alpha value is -0.480. The van der Waals surface area contributed by atoms with Crippen LogP contribution in [0.1, 0.15) is 0 Å². The van der Waals surface area contributed by atoms with Crippen LogP contribution in [-0.2, 0) is 0 Å². The van der Waals surface area contributed by atoms with Crippen molar-refractivity contribution in [2.45, 2.75) is 0 Å². The van der Waals surface area contributed by atoms with Crippen LogP contribution in [0.4, 0.5) is 0 Å². The third-order valence-electron chi connectivity index (χ3n) is 1.18. The summed E-state index contributed by atoms with van der Waals surface area (Å²) >= 11 is 5.00. The molecule has 2 nitrogen and oxygen atoms in total. The monoisotopic (exact) mass is 214 g/mol. The standard InChI is InChI=1S/C6H3BrN2S/c7-4-1-2-8-6-5(4)10-3-9-6/h1-3H. The van der Waals surface area contributed by atoms with Crippen molar-refractivity contribution in [1.29, 1.82) is 0 Å². The highest BCUT2D eigenvalue weighted by Gasteiger charge is 1.99. The average Bonchev–Trinajstić information content (AvgIpc) is 2.36. The lowest BCUT2D eigenvalue weighted by Crippen LogP contribution is -1.73. The second kappa shape index (κ2) is 2.29. The van der Waals surface area contributed by atoms with E-state index in [2.05, 4.69) is 25.9 Å². The molecular weight excluding hydrogens is 212 g/mol. The summed E-state index contributed by atoms with van der Waals surface area (Å²) in [7, 11) is 0. The molecule has 0 aromatic carbocycles. The fourth-order valence-corrected chi connectivity index (χ4v) is 1.97. The van der Waals surface area contributed by atoms with E-state index < -0.39 is 0 Å². The highest BCUT2D eigenvalue weighted by atomic mass is 79.9. The fourth-order valence-electron chi connectivity index (χ4n) is 0.744. The Kier molecular flexibility index (Phi) is 1.43. The summed E-state index contributed by atoms with van der Waals surface area (Å²) in [5.41, 5.74) is 2.61. The van der Waals surface area contributed by atoms with Crippen molar-refractivity contribution in [1.82, 2.24) is 9.97 Å². The second-order valence-corrected chi connectivity index (χ2v) is 3.51. The summed E-state index contributed by atoms with van der Waals surface area (Å²) in [5.74, 6) is 0. The number of nitrogens with zero attached hydrogens (tertiary/aromatic N) is 2. The minimum absolute atomic E-state index is 0.819. The zero-order valence-electron chi connectivity index (χ0n) is 4.91. The molecule has 0 N–H and O–H groups in total. The second-order valence-electron chi connectivity index (χ2n) is 1.80. The van der Waals surface area contributed by atoms with E-state index >= 15 is 0 Å². The zero-order chi connectivity index (χ0) is 6.97. The predicted octanol–water partition coefficient (Wildman–Crippen LogP) is 2.45. The van der Waals surface area contributed by atoms with E-state index in [1.54, 1.807) is 23.0 Å². The van der Waals surface area contributed by atoms with Gasteiger partial charge in [0, 0.05) is 10.7 Å². The quantitative estimate of drug-likeness (QED) is 0.674. The van der Waals surface area contributed by atoms with Crippen LogP contribution in [0.2, 0.25) is 0 Å². The van der Waals surface area contributed by atoms with Gasteiger partial charge in [-0.1, -0.05) is 0 Å². The molecule has 0 aliphatic carbocycles. The molecule has 0 saturated carbocycles. The molecule has 4 heteroatoms. The molecule has 2 heterocycles. The number of thiazole rings is 1. The Morgan fingerprint density at radius 3 is 3.10 bits per heavy atom. The molecule has 2 aromatic heterocycles. The van der Waals surface area contributed by atoms with E-state index in [4.69, 9.17) is 0 Å². The van der Waals surface area contributed by atoms with E-state index in [0.717, 1.165) is 14.8 Å². The summed E-state index contributed by atoms with van der Waals surface area (Å²) in [6.45, 7) is 0. The number of halogens is 1. The number of fused-ring (bicyclic) bond motifs is 1. The summed E-state index contributed by atoms with van der Waals surface area (Å²) in [5, 5.41) is 0. The van der Waals surface area contributed by atoms with Gasteiger partial charge in [-0.3, -0.25) is 0 Å². The van der Waals surface area contributed by atoms with Gasteiger partial charge in [0.2, 0.25) is 0 Å². The molecule has 10 heavy (non-hydrogen) atoms. The van der Waals surface area contributed by atoms with Crippen molar-refractivity contribution in [2.24, 2.45) is 0 Å². The van der Waals surface area contributed by atoms with E-state index in [-0.39, 0.29) is 0 Å². The minimum atomic E-state index is 0.819. The molecule has 0 unspecified atom stereocenters. The lowest BCUT2D eigenvalue weighted by molar-refractivity contribution is 1.32. The van der Waals surface area contributed by atoms with Crippen LogP contribution in [0.15, 0.2) is 22.2 Å². The van der Waals surface area contributed by atoms with Gasteiger partial charge >= 0.3 is 0 Å². The van der Waals surface area contributed by atoms with Gasteiger partial charge in [-0.15, -0.1) is 11.3 Å². The maximum atomic E-state index is 4.07. The first-order valence-corrected chi connectivity index (χ1v) is 4.39. The van der Waals surface area contributed by atoms with Gasteiger partial charge in [-0.05, 0) is 22.0 Å². The van der Waals surface area contributed by atoms with E-state index in [1.807, 2.05) is 6.07 Å². The molecular formula is C6H3BrN2S. The van der Waals surface area contributed by atoms with Gasteiger partial charge in [0.15, 0.2) is 5.65 Å². The molecule has 0 bridgehead atoms. The third-order valence-corrected chi connectivity index (χ3v) is 2.96. The molecule has 0 amide bonds. The molecule has 0 radical (unpaired) electrons. The Morgan fingerprint density at radius 1 is 1.40 bits per heavy atom. The van der Waals surface area contributed by atoms with Crippen molar-refractivity contribution in [3.63, 3.8) is 0 Å². The van der Waals surface area contributed by atoms with Crippen LogP contribution in [0.25, 0.3) is 10.3 Å². The highest BCUT2D eigenvalue weighted by molar-refractivity contribution is 9.10. The maximum absolute atomic E-state index is 4.07. The number of hydrogen-bond acceptors (Lipinski definition) is 3. The molecule has 0 atom stereocenters. The molecule has 0 saturated heterocycles. The molecule has 0 spiro atoms. The molecule has 50 valence electrons. The highest BCUT2D eigenvalue weighted by Crippen LogP contribution is 2.24. The Balaban J connectivity index is 2.95. The lowest BCUT2D eigenvalue weighted by atomic mass is 10.5. The molecule has 2 aromatic rings. The van der Waals surface area contributed by atoms with Crippen LogP contribution in [0.3, 0.4) is 0 Å². The maximum Gasteiger partial charge on any atom is 0.171 e. The van der Waals surface area contributed by atoms with Crippen molar-refractivity contribution in [3.8, 4) is 0 Å². The lowest BCUT2D eigenvalue weighted by Gasteiger charge is -1.87. The minimum Gasteiger partial charge on any atom is -0.236 e. The van der Waals surface area contributed by atoms with Crippen LogP contribution in [0.5, 0.6) is 0 Å². The fraction of sp³-hybridized carbons (Fsp3) is 0. The van der Waals surface area contributed by atoms with E-state index in [0.29, 0.717) is 0 Å². The van der Waals surface area contributed by atoms with Crippen molar-refractivity contribution in [2.75, 3.05) is 0 Å². The van der Waals surface area contributed by atoms with Gasteiger partial charge in [0.1, 0.15) is 0 Å². The van der Waals surface area contributed by atoms with Crippen LogP contribution < -0.4 is 0 Å². The molecule has 0 aliphatic heterocycles. The van der Waals surface area contributed by atoms with Gasteiger partial charge < -0.3 is 0 Å². The van der Waals surface area contributed by atoms with Crippen LogP contribution in [-0.4, -0.2) is 9.97 Å². The largest absolute Gasteiger partial charge is 0.236 e. The van der Waals surface area contributed by atoms with Gasteiger partial charge in [0.05, 0.1) is 10.2 Å². The summed E-state index contributed by atoms with van der Waals surface area (Å²) in [6, 6.07) is 1.92. The van der Waals surface area contributed by atoms with Gasteiger partial charge in [-0.25, -0.2) is 9.97 Å². The summed E-state index contributed by atoms with van der Waals surface area (Å²) in [6.07, 6.45) is 1.74. The average molecular weight is 215 g/mol. The smallest absolute Gasteiger partial charge is 0.171 e. The van der Waals surface area contributed by atoms with Crippen LogP contribution in [0, 0.1) is 0 Å². The number of pyridine rings is 1. The SMILES string of the molecule is Brc1ccnc2ncsc12. The number of rotatable bonds is 0. The first kappa shape index (κ1) is 6.24. The zero-order valence-corrected chi connectivity index (χ0v) is 7.32. The molecule has 2 rings (SSSR count). The van der Waals surface area contributed by atoms with Crippen LogP contribution >= 0.6 is 27.3 Å². The van der Waals surface area contributed by atoms with Crippen molar-refractivity contribution >= 4 is 37.6 Å². The Labute approximate surface area is 70.1 Å². The van der Waals surface area contributed by atoms with Crippen molar-refractivity contribution in [3.05, 3.63) is 22.2 Å². The summed E-state index contributed by atoms with van der Waals surface area (Å²) < 4.78 is 2.18. The Bertz CT molecular complexity index is 357. The first-order valence-electron chi connectivity index (χ1n) is 2.71. The third kappa shape index (κ3) is 0.839. The molecule has 0 aliphatic rings. The predicted molar refractivity (Wildman–Crippen MR) is 45.1 cm³/mol. The van der Waals surface area contributed by atoms with Crippen molar-refractivity contribution < 1.29 is 0 Å². The van der Waals surface area contributed by atoms with Gasteiger partial charge in [0.25, 0.3) is 0 Å². The first-order chi connectivity index (χ1) is 4.88. The number of aromatic nitrogens is 2. The topological polar surface area (TPSA) is 25.8 Å². The normalized spacial score (nSPS) is 10.5. The Morgan fingerprint density at radius 2 is 2.30 bits per heavy atom. The molecule has 0 fully saturated rings. The van der Waals surface area contributed by atoms with Gasteiger partial charge in [-0.2, -0.15) is 0 Å². The van der Waals surface area contributed by atoms with E-state index in [9.17, 15) is 0 Å². The summed E-state index contributed by atoms with van der Waals surface area (Å²) in [4.78, 5) is 8.13.